The molecule has 208 valence electrons. The van der Waals surface area contributed by atoms with Crippen LogP contribution < -0.4 is 0 Å². The second-order valence-corrected chi connectivity index (χ2v) is 12.1. The summed E-state index contributed by atoms with van der Waals surface area (Å²) in [6, 6.07) is 19.1. The molecule has 1 heterocycles. The Morgan fingerprint density at radius 1 is 0.974 bits per heavy atom. The molecule has 0 spiro atoms. The molecule has 3 aromatic carbocycles. The summed E-state index contributed by atoms with van der Waals surface area (Å²) in [5.41, 5.74) is 1.93. The zero-order valence-corrected chi connectivity index (χ0v) is 22.9. The van der Waals surface area contributed by atoms with Crippen LogP contribution in [-0.2, 0) is 20.4 Å². The Morgan fingerprint density at radius 2 is 1.49 bits per heavy atom. The van der Waals surface area contributed by atoms with Gasteiger partial charge in [-0.3, -0.25) is 0 Å². The number of amides is 1. The summed E-state index contributed by atoms with van der Waals surface area (Å²) in [6.07, 6.45) is -0.433. The Labute approximate surface area is 227 Å². The third-order valence-electron chi connectivity index (χ3n) is 7.28. The minimum absolute atomic E-state index is 0.0567. The van der Waals surface area contributed by atoms with Crippen molar-refractivity contribution in [3.63, 3.8) is 0 Å². The normalized spacial score (nSPS) is 19.6. The zero-order chi connectivity index (χ0) is 28.4. The molecular weight excluding hydrogens is 526 g/mol. The fourth-order valence-electron chi connectivity index (χ4n) is 4.89. The van der Waals surface area contributed by atoms with E-state index < -0.39 is 33.6 Å². The van der Waals surface area contributed by atoms with Gasteiger partial charge in [0, 0.05) is 33.0 Å². The molecule has 39 heavy (non-hydrogen) atoms. The first kappa shape index (κ1) is 28.7. The van der Waals surface area contributed by atoms with Crippen molar-refractivity contribution in [1.82, 2.24) is 9.21 Å². The number of carbonyl (C=O) groups excluding carboxylic acids is 1. The monoisotopic (exact) mass is 558 g/mol. The first-order chi connectivity index (χ1) is 18.4. The molecular formula is C29H32F2N2O5S. The van der Waals surface area contributed by atoms with E-state index in [4.69, 9.17) is 4.74 Å². The third-order valence-corrected chi connectivity index (χ3v) is 8.56. The van der Waals surface area contributed by atoms with Crippen LogP contribution in [0.15, 0.2) is 72.8 Å². The Balaban J connectivity index is 1.53. The number of benzene rings is 3. The molecule has 10 heteroatoms. The zero-order valence-electron chi connectivity index (χ0n) is 22.1. The molecule has 7 nitrogen and oxygen atoms in total. The number of cyclic esters (lactones) is 1. The lowest BCUT2D eigenvalue weighted by Crippen LogP contribution is -2.50. The van der Waals surface area contributed by atoms with Crippen LogP contribution in [0, 0.1) is 11.6 Å². The predicted molar refractivity (Wildman–Crippen MR) is 144 cm³/mol. The molecule has 0 aliphatic carbocycles. The van der Waals surface area contributed by atoms with E-state index in [-0.39, 0.29) is 24.8 Å². The standard InChI is InChI=1S/C29H32F2N2O5S/c1-20(21-4-6-22(7-5-21)23-8-12-25(30)13-9-23)33-17-16-29(38-28(33)35,24-10-14-26(31)15-11-24)18-27(34)19-32(2)39(3,36)37/h4-15,20,27,34H,16-19H2,1-3H3/t20-,27-,29-/m0/s1. The lowest BCUT2D eigenvalue weighted by atomic mass is 9.83. The number of rotatable bonds is 9. The van der Waals surface area contributed by atoms with Crippen molar-refractivity contribution < 1.29 is 31.8 Å². The summed E-state index contributed by atoms with van der Waals surface area (Å²) >= 11 is 0. The number of nitrogens with zero attached hydrogens (tertiary/aromatic N) is 2. The van der Waals surface area contributed by atoms with Gasteiger partial charge in [0.1, 0.15) is 17.2 Å². The SMILES string of the molecule is C[C@@H](c1ccc(-c2ccc(F)cc2)cc1)N1CC[C@](C[C@H](O)CN(C)S(C)(=O)=O)(c2ccc(F)cc2)OC1=O. The molecule has 0 saturated carbocycles. The molecule has 1 saturated heterocycles. The number of halogens is 2. The highest BCUT2D eigenvalue weighted by molar-refractivity contribution is 7.88. The Bertz CT molecular complexity index is 1400. The summed E-state index contributed by atoms with van der Waals surface area (Å²) in [6.45, 7) is 2.00. The van der Waals surface area contributed by atoms with Gasteiger partial charge >= 0.3 is 6.09 Å². The fourth-order valence-corrected chi connectivity index (χ4v) is 5.34. The molecule has 3 aromatic rings. The van der Waals surface area contributed by atoms with Gasteiger partial charge in [0.05, 0.1) is 18.4 Å². The van der Waals surface area contributed by atoms with Crippen LogP contribution in [0.1, 0.15) is 36.9 Å². The highest BCUT2D eigenvalue weighted by Crippen LogP contribution is 2.41. The van der Waals surface area contributed by atoms with Crippen LogP contribution in [0.25, 0.3) is 11.1 Å². The van der Waals surface area contributed by atoms with Gasteiger partial charge in [-0.05, 0) is 53.4 Å². The van der Waals surface area contributed by atoms with Crippen molar-refractivity contribution in [3.05, 3.63) is 95.6 Å². The van der Waals surface area contributed by atoms with Crippen LogP contribution >= 0.6 is 0 Å². The molecule has 0 aromatic heterocycles. The van der Waals surface area contributed by atoms with Crippen molar-refractivity contribution in [2.45, 2.75) is 37.5 Å². The number of aliphatic hydroxyl groups excluding tert-OH is 1. The second-order valence-electron chi connectivity index (χ2n) is 10.0. The maximum Gasteiger partial charge on any atom is 0.411 e. The van der Waals surface area contributed by atoms with E-state index in [9.17, 15) is 27.1 Å². The summed E-state index contributed by atoms with van der Waals surface area (Å²) in [5.74, 6) is -0.757. The third kappa shape index (κ3) is 6.63. The Morgan fingerprint density at radius 3 is 2.00 bits per heavy atom. The van der Waals surface area contributed by atoms with E-state index in [0.29, 0.717) is 18.5 Å². The first-order valence-electron chi connectivity index (χ1n) is 12.6. The van der Waals surface area contributed by atoms with Crippen molar-refractivity contribution in [2.24, 2.45) is 0 Å². The first-order valence-corrected chi connectivity index (χ1v) is 14.4. The van der Waals surface area contributed by atoms with Crippen molar-refractivity contribution in [3.8, 4) is 11.1 Å². The molecule has 0 radical (unpaired) electrons. The van der Waals surface area contributed by atoms with E-state index in [0.717, 1.165) is 27.3 Å². The molecule has 1 aliphatic heterocycles. The largest absolute Gasteiger partial charge is 0.438 e. The van der Waals surface area contributed by atoms with Gasteiger partial charge in [-0.15, -0.1) is 0 Å². The highest BCUT2D eigenvalue weighted by atomic mass is 32.2. The minimum atomic E-state index is -3.52. The molecule has 3 atom stereocenters. The highest BCUT2D eigenvalue weighted by Gasteiger charge is 2.45. The van der Waals surface area contributed by atoms with Crippen LogP contribution in [0.4, 0.5) is 13.6 Å². The van der Waals surface area contributed by atoms with E-state index in [1.807, 2.05) is 31.2 Å². The maximum atomic E-state index is 13.7. The number of aliphatic hydroxyl groups is 1. The van der Waals surface area contributed by atoms with Gasteiger partial charge in [-0.2, -0.15) is 0 Å². The average Bonchev–Trinajstić information content (AvgIpc) is 2.88. The lowest BCUT2D eigenvalue weighted by Gasteiger charge is -2.44. The fraction of sp³-hybridized carbons (Fsp3) is 0.345. The molecule has 1 amide bonds. The van der Waals surface area contributed by atoms with Gasteiger partial charge < -0.3 is 14.7 Å². The molecule has 0 unspecified atom stereocenters. The summed E-state index contributed by atoms with van der Waals surface area (Å²) < 4.78 is 57.6. The van der Waals surface area contributed by atoms with E-state index in [1.54, 1.807) is 17.0 Å². The van der Waals surface area contributed by atoms with Crippen LogP contribution in [0.3, 0.4) is 0 Å². The van der Waals surface area contributed by atoms with Gasteiger partial charge in [0.25, 0.3) is 0 Å². The minimum Gasteiger partial charge on any atom is -0.438 e. The smallest absolute Gasteiger partial charge is 0.411 e. The Hall–Kier alpha value is -3.34. The number of sulfonamides is 1. The molecule has 0 bridgehead atoms. The number of likely N-dealkylation sites (N-methyl/N-ethyl adjacent to an activating group) is 1. The molecule has 1 aliphatic rings. The summed E-state index contributed by atoms with van der Waals surface area (Å²) in [5, 5.41) is 10.8. The number of hydrogen-bond acceptors (Lipinski definition) is 5. The maximum absolute atomic E-state index is 13.7. The number of ether oxygens (including phenoxy) is 1. The van der Waals surface area contributed by atoms with Gasteiger partial charge in [-0.25, -0.2) is 26.3 Å². The van der Waals surface area contributed by atoms with Crippen molar-refractivity contribution >= 4 is 16.1 Å². The van der Waals surface area contributed by atoms with Crippen LogP contribution in [0.5, 0.6) is 0 Å². The van der Waals surface area contributed by atoms with E-state index in [2.05, 4.69) is 0 Å². The molecule has 1 fully saturated rings. The van der Waals surface area contributed by atoms with Crippen LogP contribution in [-0.4, -0.2) is 61.3 Å². The van der Waals surface area contributed by atoms with Gasteiger partial charge in [0.2, 0.25) is 10.0 Å². The molecule has 1 N–H and O–H groups in total. The quantitative estimate of drug-likeness (QED) is 0.396. The van der Waals surface area contributed by atoms with Crippen molar-refractivity contribution in [2.75, 3.05) is 26.4 Å². The number of hydrogen-bond donors (Lipinski definition) is 1. The predicted octanol–water partition coefficient (Wildman–Crippen LogP) is 5.07. The lowest BCUT2D eigenvalue weighted by molar-refractivity contribution is -0.0847. The average molecular weight is 559 g/mol. The van der Waals surface area contributed by atoms with Gasteiger partial charge in [-0.1, -0.05) is 48.5 Å². The van der Waals surface area contributed by atoms with Crippen LogP contribution in [0.2, 0.25) is 0 Å². The van der Waals surface area contributed by atoms with E-state index >= 15 is 0 Å². The topological polar surface area (TPSA) is 87.2 Å². The van der Waals surface area contributed by atoms with E-state index in [1.165, 1.54) is 43.4 Å². The summed E-state index contributed by atoms with van der Waals surface area (Å²) in [4.78, 5) is 14.9. The Kier molecular flexibility index (Phi) is 8.39. The number of carbonyl (C=O) groups is 1. The second kappa shape index (κ2) is 11.4. The van der Waals surface area contributed by atoms with Crippen molar-refractivity contribution in [1.29, 1.82) is 0 Å². The van der Waals surface area contributed by atoms with Gasteiger partial charge in [0.15, 0.2) is 0 Å². The summed E-state index contributed by atoms with van der Waals surface area (Å²) in [7, 11) is -2.16. The molecule has 4 rings (SSSR count).